The van der Waals surface area contributed by atoms with E-state index in [0.717, 1.165) is 51.1 Å². The lowest BCUT2D eigenvalue weighted by Crippen LogP contribution is -2.34. The average Bonchev–Trinajstić information content (AvgIpc) is 3.28. The van der Waals surface area contributed by atoms with Gasteiger partial charge in [0.15, 0.2) is 0 Å². The molecular formula is C27H28N4O5S. The first-order chi connectivity index (χ1) is 17.5. The standard InChI is InChI=1S/C27H28N4O5S/c1-16-19(4-3-5-24(16)30-26(33)9-8-25(28)32)20-6-7-21(27(29)34)23-15-18(14-22(20)23)17-10-12-31(13-11-17)37(2,35)36/h3-10,14H,11-13,15H2,1-2H3,(H2,28,32)(H2,29,34)(H,30,33)/b9-8+. The number of fused-ring (bicyclic) bond motifs is 1. The number of carbonyl (C=O) groups is 3. The quantitative estimate of drug-likeness (QED) is 0.478. The number of hydrogen-bond acceptors (Lipinski definition) is 5. The monoisotopic (exact) mass is 520 g/mol. The Bertz CT molecular complexity index is 1520. The maximum absolute atomic E-state index is 12.2. The van der Waals surface area contributed by atoms with Crippen LogP contribution in [0.25, 0.3) is 17.2 Å². The molecule has 10 heteroatoms. The number of anilines is 1. The molecule has 2 aliphatic rings. The zero-order valence-corrected chi connectivity index (χ0v) is 21.4. The zero-order valence-electron chi connectivity index (χ0n) is 20.6. The third-order valence-corrected chi connectivity index (χ3v) is 7.91. The predicted molar refractivity (Wildman–Crippen MR) is 143 cm³/mol. The highest BCUT2D eigenvalue weighted by atomic mass is 32.2. The summed E-state index contributed by atoms with van der Waals surface area (Å²) in [7, 11) is -3.26. The van der Waals surface area contributed by atoms with E-state index in [0.29, 0.717) is 37.2 Å². The second-order valence-corrected chi connectivity index (χ2v) is 11.0. The Morgan fingerprint density at radius 2 is 1.78 bits per heavy atom. The second-order valence-electron chi connectivity index (χ2n) is 9.07. The van der Waals surface area contributed by atoms with E-state index < -0.39 is 27.7 Å². The molecule has 0 radical (unpaired) electrons. The predicted octanol–water partition coefficient (Wildman–Crippen LogP) is 2.27. The number of allylic oxidation sites excluding steroid dienone is 1. The van der Waals surface area contributed by atoms with Crippen molar-refractivity contribution in [3.8, 4) is 11.1 Å². The summed E-state index contributed by atoms with van der Waals surface area (Å²) in [4.78, 5) is 35.4. The van der Waals surface area contributed by atoms with E-state index >= 15 is 0 Å². The molecular weight excluding hydrogens is 492 g/mol. The first kappa shape index (κ1) is 26.1. The topological polar surface area (TPSA) is 153 Å². The number of rotatable bonds is 7. The molecule has 0 saturated carbocycles. The summed E-state index contributed by atoms with van der Waals surface area (Å²) in [6.07, 6.45) is 8.32. The number of carbonyl (C=O) groups excluding carboxylic acids is 3. The van der Waals surface area contributed by atoms with Gasteiger partial charge in [0.05, 0.1) is 6.26 Å². The van der Waals surface area contributed by atoms with Crippen LogP contribution in [0.3, 0.4) is 0 Å². The molecule has 1 aliphatic carbocycles. The van der Waals surface area contributed by atoms with Gasteiger partial charge in [0.25, 0.3) is 0 Å². The Kier molecular flexibility index (Phi) is 7.15. The molecule has 3 amide bonds. The van der Waals surface area contributed by atoms with E-state index in [9.17, 15) is 22.8 Å². The SMILES string of the molecule is Cc1c(NC(=O)/C=C/C(N)=O)cccc1-c1ccc(C(N)=O)c2c1C=C(C1=CCN(S(C)(=O)=O)CC1)C2. The number of nitrogens with zero attached hydrogens (tertiary/aromatic N) is 1. The second kappa shape index (κ2) is 10.2. The molecule has 0 bridgehead atoms. The van der Waals surface area contributed by atoms with Crippen molar-refractivity contribution >= 4 is 39.5 Å². The lowest BCUT2D eigenvalue weighted by atomic mass is 9.90. The summed E-state index contributed by atoms with van der Waals surface area (Å²) in [5.41, 5.74) is 18.1. The molecule has 0 fully saturated rings. The van der Waals surface area contributed by atoms with Crippen molar-refractivity contribution < 1.29 is 22.8 Å². The average molecular weight is 521 g/mol. The van der Waals surface area contributed by atoms with Crippen LogP contribution in [-0.2, 0) is 26.0 Å². The van der Waals surface area contributed by atoms with Gasteiger partial charge in [-0.2, -0.15) is 4.31 Å². The van der Waals surface area contributed by atoms with Crippen molar-refractivity contribution in [3.05, 3.63) is 82.0 Å². The third-order valence-electron chi connectivity index (χ3n) is 6.64. The van der Waals surface area contributed by atoms with Crippen LogP contribution in [0.4, 0.5) is 5.69 Å². The molecule has 192 valence electrons. The fourth-order valence-electron chi connectivity index (χ4n) is 4.75. The maximum atomic E-state index is 12.2. The molecule has 1 aliphatic heterocycles. The minimum Gasteiger partial charge on any atom is -0.366 e. The Morgan fingerprint density at radius 3 is 2.41 bits per heavy atom. The Balaban J connectivity index is 1.73. The van der Waals surface area contributed by atoms with Crippen molar-refractivity contribution in [2.75, 3.05) is 24.7 Å². The van der Waals surface area contributed by atoms with Gasteiger partial charge in [-0.3, -0.25) is 14.4 Å². The van der Waals surface area contributed by atoms with Gasteiger partial charge in [0, 0.05) is 36.5 Å². The first-order valence-electron chi connectivity index (χ1n) is 11.6. The summed E-state index contributed by atoms with van der Waals surface area (Å²) in [5.74, 6) is -1.72. The van der Waals surface area contributed by atoms with E-state index in [4.69, 9.17) is 11.5 Å². The first-order valence-corrected chi connectivity index (χ1v) is 13.5. The van der Waals surface area contributed by atoms with Crippen LogP contribution in [0.2, 0.25) is 0 Å². The molecule has 4 rings (SSSR count). The number of hydrogen-bond donors (Lipinski definition) is 3. The lowest BCUT2D eigenvalue weighted by molar-refractivity contribution is -0.115. The molecule has 2 aromatic rings. The number of amides is 3. The van der Waals surface area contributed by atoms with Gasteiger partial charge >= 0.3 is 0 Å². The van der Waals surface area contributed by atoms with Crippen molar-refractivity contribution in [1.29, 1.82) is 0 Å². The van der Waals surface area contributed by atoms with Gasteiger partial charge in [-0.15, -0.1) is 0 Å². The molecule has 37 heavy (non-hydrogen) atoms. The highest BCUT2D eigenvalue weighted by Gasteiger charge is 2.27. The molecule has 0 spiro atoms. The lowest BCUT2D eigenvalue weighted by Gasteiger charge is -2.24. The molecule has 1 heterocycles. The van der Waals surface area contributed by atoms with Crippen LogP contribution in [0.15, 0.2) is 59.7 Å². The largest absolute Gasteiger partial charge is 0.366 e. The number of benzene rings is 2. The fraction of sp³-hybridized carbons (Fsp3) is 0.222. The molecule has 0 unspecified atom stereocenters. The number of nitrogens with one attached hydrogen (secondary N) is 1. The van der Waals surface area contributed by atoms with Gasteiger partial charge in [0.2, 0.25) is 27.7 Å². The van der Waals surface area contributed by atoms with Crippen LogP contribution >= 0.6 is 0 Å². The van der Waals surface area contributed by atoms with Gasteiger partial charge in [-0.25, -0.2) is 8.42 Å². The van der Waals surface area contributed by atoms with Crippen LogP contribution in [0.5, 0.6) is 0 Å². The van der Waals surface area contributed by atoms with Crippen LogP contribution in [0.1, 0.15) is 33.5 Å². The van der Waals surface area contributed by atoms with Crippen LogP contribution in [-0.4, -0.2) is 49.8 Å². The van der Waals surface area contributed by atoms with Crippen LogP contribution < -0.4 is 16.8 Å². The van der Waals surface area contributed by atoms with Crippen molar-refractivity contribution in [3.63, 3.8) is 0 Å². The molecule has 9 nitrogen and oxygen atoms in total. The highest BCUT2D eigenvalue weighted by Crippen LogP contribution is 2.41. The van der Waals surface area contributed by atoms with Crippen molar-refractivity contribution in [2.24, 2.45) is 11.5 Å². The molecule has 0 saturated heterocycles. The molecule has 0 atom stereocenters. The van der Waals surface area contributed by atoms with E-state index in [1.54, 1.807) is 12.1 Å². The summed E-state index contributed by atoms with van der Waals surface area (Å²) < 4.78 is 25.2. The van der Waals surface area contributed by atoms with Gasteiger partial charge < -0.3 is 16.8 Å². The summed E-state index contributed by atoms with van der Waals surface area (Å²) in [5, 5.41) is 2.76. The molecule has 5 N–H and O–H groups in total. The summed E-state index contributed by atoms with van der Waals surface area (Å²) >= 11 is 0. The number of nitrogens with two attached hydrogens (primary N) is 2. The molecule has 0 aromatic heterocycles. The Hall–Kier alpha value is -4.02. The van der Waals surface area contributed by atoms with Gasteiger partial charge in [-0.1, -0.05) is 30.4 Å². The van der Waals surface area contributed by atoms with E-state index in [1.165, 1.54) is 10.6 Å². The van der Waals surface area contributed by atoms with Crippen LogP contribution in [0, 0.1) is 6.92 Å². The van der Waals surface area contributed by atoms with E-state index in [-0.39, 0.29) is 0 Å². The van der Waals surface area contributed by atoms with E-state index in [1.807, 2.05) is 37.3 Å². The molecule has 2 aromatic carbocycles. The number of primary amides is 2. The normalized spacial score (nSPS) is 15.7. The minimum atomic E-state index is -3.26. The van der Waals surface area contributed by atoms with Gasteiger partial charge in [0.1, 0.15) is 0 Å². The fourth-order valence-corrected chi connectivity index (χ4v) is 5.51. The van der Waals surface area contributed by atoms with Gasteiger partial charge in [-0.05, 0) is 70.9 Å². The summed E-state index contributed by atoms with van der Waals surface area (Å²) in [6.45, 7) is 2.58. The third kappa shape index (κ3) is 5.55. The highest BCUT2D eigenvalue weighted by molar-refractivity contribution is 7.88. The van der Waals surface area contributed by atoms with Crippen molar-refractivity contribution in [2.45, 2.75) is 19.8 Å². The number of sulfonamides is 1. The van der Waals surface area contributed by atoms with E-state index in [2.05, 4.69) is 5.32 Å². The zero-order chi connectivity index (χ0) is 26.9. The van der Waals surface area contributed by atoms with Crippen molar-refractivity contribution in [1.82, 2.24) is 4.31 Å². The minimum absolute atomic E-state index is 0.308. The smallest absolute Gasteiger partial charge is 0.249 e. The Morgan fingerprint density at radius 1 is 1.03 bits per heavy atom. The Labute approximate surface area is 215 Å². The maximum Gasteiger partial charge on any atom is 0.249 e. The summed E-state index contributed by atoms with van der Waals surface area (Å²) in [6, 6.07) is 9.06.